The van der Waals surface area contributed by atoms with E-state index in [0.717, 1.165) is 18.9 Å². The van der Waals surface area contributed by atoms with Crippen molar-refractivity contribution >= 4 is 0 Å². The lowest BCUT2D eigenvalue weighted by Crippen LogP contribution is -2.27. The molecule has 1 unspecified atom stereocenters. The highest BCUT2D eigenvalue weighted by molar-refractivity contribution is 4.68. The molecule has 0 aromatic heterocycles. The van der Waals surface area contributed by atoms with Crippen molar-refractivity contribution in [2.75, 3.05) is 6.54 Å². The van der Waals surface area contributed by atoms with E-state index < -0.39 is 0 Å². The average Bonchev–Trinajstić information content (AvgIpc) is 2.09. The zero-order valence-electron chi connectivity index (χ0n) is 9.47. The predicted octanol–water partition coefficient (Wildman–Crippen LogP) is 3.37. The number of rotatable bonds is 8. The van der Waals surface area contributed by atoms with Gasteiger partial charge in [-0.3, -0.25) is 0 Å². The first-order chi connectivity index (χ1) is 6.16. The molecule has 0 radical (unpaired) electrons. The molecule has 0 amide bonds. The highest BCUT2D eigenvalue weighted by atomic mass is 14.9. The van der Waals surface area contributed by atoms with Crippen LogP contribution >= 0.6 is 0 Å². The van der Waals surface area contributed by atoms with E-state index in [1.54, 1.807) is 0 Å². The summed E-state index contributed by atoms with van der Waals surface area (Å²) in [5.41, 5.74) is 0. The molecule has 0 heterocycles. The largest absolute Gasteiger partial charge is 0.314 e. The van der Waals surface area contributed by atoms with Crippen LogP contribution in [0.25, 0.3) is 0 Å². The molecule has 1 nitrogen and oxygen atoms in total. The van der Waals surface area contributed by atoms with Crippen molar-refractivity contribution in [2.24, 2.45) is 5.92 Å². The molecule has 0 aromatic carbocycles. The van der Waals surface area contributed by atoms with Crippen LogP contribution in [0.5, 0.6) is 0 Å². The minimum Gasteiger partial charge on any atom is -0.314 e. The van der Waals surface area contributed by atoms with Crippen molar-refractivity contribution in [3.8, 4) is 0 Å². The smallest absolute Gasteiger partial charge is 0.00388 e. The Morgan fingerprint density at radius 3 is 2.46 bits per heavy atom. The minimum absolute atomic E-state index is 0.673. The number of hydrogen-bond donors (Lipinski definition) is 1. The van der Waals surface area contributed by atoms with Gasteiger partial charge in [0.1, 0.15) is 0 Å². The van der Waals surface area contributed by atoms with Gasteiger partial charge in [0.2, 0.25) is 0 Å². The molecule has 0 aromatic rings. The molecular formula is C12H25N. The molecule has 0 bridgehead atoms. The normalized spacial score (nSPS) is 13.2. The maximum atomic E-state index is 3.71. The van der Waals surface area contributed by atoms with Crippen LogP contribution in [0.4, 0.5) is 0 Å². The van der Waals surface area contributed by atoms with Gasteiger partial charge in [-0.05, 0) is 45.1 Å². The molecule has 0 saturated carbocycles. The predicted molar refractivity (Wildman–Crippen MR) is 61.0 cm³/mol. The summed E-state index contributed by atoms with van der Waals surface area (Å²) >= 11 is 0. The standard InChI is InChI=1S/C12H25N/c1-5-6-7-10-13-12(4)9-8-11(2)3/h5,11-13H,1,6-10H2,2-4H3. The highest BCUT2D eigenvalue weighted by Crippen LogP contribution is 2.06. The second-order valence-corrected chi connectivity index (χ2v) is 4.26. The average molecular weight is 183 g/mol. The molecule has 0 aliphatic rings. The van der Waals surface area contributed by atoms with Crippen molar-refractivity contribution in [1.82, 2.24) is 5.32 Å². The molecule has 0 fully saturated rings. The van der Waals surface area contributed by atoms with Crippen molar-refractivity contribution in [1.29, 1.82) is 0 Å². The van der Waals surface area contributed by atoms with Crippen molar-refractivity contribution in [3.63, 3.8) is 0 Å². The third-order valence-corrected chi connectivity index (χ3v) is 2.25. The summed E-state index contributed by atoms with van der Waals surface area (Å²) in [6.45, 7) is 11.7. The molecule has 78 valence electrons. The van der Waals surface area contributed by atoms with Crippen LogP contribution in [0.15, 0.2) is 12.7 Å². The summed E-state index contributed by atoms with van der Waals surface area (Å²) in [6, 6.07) is 0.673. The SMILES string of the molecule is C=CCCCNC(C)CCC(C)C. The van der Waals surface area contributed by atoms with E-state index in [0.29, 0.717) is 6.04 Å². The monoisotopic (exact) mass is 183 g/mol. The quantitative estimate of drug-likeness (QED) is 0.449. The molecule has 0 spiro atoms. The fourth-order valence-electron chi connectivity index (χ4n) is 1.28. The van der Waals surface area contributed by atoms with E-state index >= 15 is 0 Å². The van der Waals surface area contributed by atoms with Crippen LogP contribution in [0, 0.1) is 5.92 Å². The van der Waals surface area contributed by atoms with Gasteiger partial charge in [0.15, 0.2) is 0 Å². The zero-order valence-corrected chi connectivity index (χ0v) is 9.47. The van der Waals surface area contributed by atoms with Crippen LogP contribution in [0.2, 0.25) is 0 Å². The topological polar surface area (TPSA) is 12.0 Å². The highest BCUT2D eigenvalue weighted by Gasteiger charge is 2.01. The minimum atomic E-state index is 0.673. The van der Waals surface area contributed by atoms with Gasteiger partial charge in [0.25, 0.3) is 0 Å². The van der Waals surface area contributed by atoms with E-state index in [2.05, 4.69) is 32.7 Å². The van der Waals surface area contributed by atoms with E-state index in [9.17, 15) is 0 Å². The molecule has 0 aliphatic heterocycles. The van der Waals surface area contributed by atoms with Gasteiger partial charge in [0.05, 0.1) is 0 Å². The maximum Gasteiger partial charge on any atom is 0.00388 e. The summed E-state index contributed by atoms with van der Waals surface area (Å²) < 4.78 is 0. The van der Waals surface area contributed by atoms with Gasteiger partial charge < -0.3 is 5.32 Å². The van der Waals surface area contributed by atoms with Crippen molar-refractivity contribution < 1.29 is 0 Å². The number of hydrogen-bond acceptors (Lipinski definition) is 1. The number of unbranched alkanes of at least 4 members (excludes halogenated alkanes) is 1. The van der Waals surface area contributed by atoms with Gasteiger partial charge in [-0.2, -0.15) is 0 Å². The van der Waals surface area contributed by atoms with E-state index in [1.807, 2.05) is 6.08 Å². The van der Waals surface area contributed by atoms with Crippen molar-refractivity contribution in [2.45, 2.75) is 52.5 Å². The van der Waals surface area contributed by atoms with Gasteiger partial charge in [-0.1, -0.05) is 19.9 Å². The Kier molecular flexibility index (Phi) is 8.11. The molecule has 13 heavy (non-hydrogen) atoms. The van der Waals surface area contributed by atoms with Gasteiger partial charge in [-0.15, -0.1) is 6.58 Å². The fourth-order valence-corrected chi connectivity index (χ4v) is 1.28. The Hall–Kier alpha value is -0.300. The lowest BCUT2D eigenvalue weighted by molar-refractivity contribution is 0.449. The number of nitrogens with one attached hydrogen (secondary N) is 1. The van der Waals surface area contributed by atoms with Crippen LogP contribution < -0.4 is 5.32 Å². The van der Waals surface area contributed by atoms with Crippen LogP contribution in [0.3, 0.4) is 0 Å². The van der Waals surface area contributed by atoms with Crippen LogP contribution in [-0.2, 0) is 0 Å². The first-order valence-electron chi connectivity index (χ1n) is 5.51. The second kappa shape index (κ2) is 8.31. The molecule has 1 atom stereocenters. The fraction of sp³-hybridized carbons (Fsp3) is 0.833. The number of allylic oxidation sites excluding steroid dienone is 1. The molecule has 1 heteroatoms. The molecule has 1 N–H and O–H groups in total. The third kappa shape index (κ3) is 9.62. The molecular weight excluding hydrogens is 158 g/mol. The van der Waals surface area contributed by atoms with E-state index in [-0.39, 0.29) is 0 Å². The third-order valence-electron chi connectivity index (χ3n) is 2.25. The maximum absolute atomic E-state index is 3.71. The lowest BCUT2D eigenvalue weighted by Gasteiger charge is -2.14. The summed E-state index contributed by atoms with van der Waals surface area (Å²) in [4.78, 5) is 0. The summed E-state index contributed by atoms with van der Waals surface area (Å²) in [7, 11) is 0. The Balaban J connectivity index is 3.19. The Morgan fingerprint density at radius 1 is 1.23 bits per heavy atom. The first-order valence-corrected chi connectivity index (χ1v) is 5.51. The van der Waals surface area contributed by atoms with Gasteiger partial charge >= 0.3 is 0 Å². The first kappa shape index (κ1) is 12.7. The lowest BCUT2D eigenvalue weighted by atomic mass is 10.0. The Bertz CT molecular complexity index is 118. The zero-order chi connectivity index (χ0) is 10.1. The van der Waals surface area contributed by atoms with E-state index in [1.165, 1.54) is 19.3 Å². The molecule has 0 rings (SSSR count). The Labute approximate surface area is 83.6 Å². The Morgan fingerprint density at radius 2 is 1.92 bits per heavy atom. The van der Waals surface area contributed by atoms with Crippen molar-refractivity contribution in [3.05, 3.63) is 12.7 Å². The summed E-state index contributed by atoms with van der Waals surface area (Å²) in [5, 5.41) is 3.52. The molecule has 0 saturated heterocycles. The van der Waals surface area contributed by atoms with Crippen LogP contribution in [0.1, 0.15) is 46.5 Å². The molecule has 0 aliphatic carbocycles. The van der Waals surface area contributed by atoms with Gasteiger partial charge in [-0.25, -0.2) is 0 Å². The van der Waals surface area contributed by atoms with E-state index in [4.69, 9.17) is 0 Å². The van der Waals surface area contributed by atoms with Gasteiger partial charge in [0, 0.05) is 6.04 Å². The second-order valence-electron chi connectivity index (χ2n) is 4.26. The summed E-state index contributed by atoms with van der Waals surface area (Å²) in [5.74, 6) is 0.831. The van der Waals surface area contributed by atoms with Crippen LogP contribution in [-0.4, -0.2) is 12.6 Å². The summed E-state index contributed by atoms with van der Waals surface area (Å²) in [6.07, 6.45) is 6.96.